The molecule has 0 amide bonds. The van der Waals surface area contributed by atoms with Crippen molar-refractivity contribution in [3.05, 3.63) is 23.3 Å². The molecule has 0 radical (unpaired) electrons. The molecule has 2 rings (SSSR count). The van der Waals surface area contributed by atoms with Gasteiger partial charge in [-0.1, -0.05) is 6.07 Å². The molecule has 0 aromatic heterocycles. The number of benzene rings is 1. The van der Waals surface area contributed by atoms with E-state index in [4.69, 9.17) is 5.73 Å². The average Bonchev–Trinajstić information content (AvgIpc) is 2.32. The van der Waals surface area contributed by atoms with E-state index in [1.165, 1.54) is 4.31 Å². The zero-order valence-corrected chi connectivity index (χ0v) is 12.9. The third-order valence-electron chi connectivity index (χ3n) is 4.10. The Morgan fingerprint density at radius 1 is 1.35 bits per heavy atom. The monoisotopic (exact) mass is 298 g/mol. The SMILES string of the molecule is Cc1ccc(N)c(S(=O)(=O)N(C)CC2CC(O)C2)c1C. The number of nitrogens with two attached hydrogens (primary N) is 1. The molecule has 0 unspecified atom stereocenters. The molecular formula is C14H22N2O3S. The zero-order valence-electron chi connectivity index (χ0n) is 12.1. The summed E-state index contributed by atoms with van der Waals surface area (Å²) in [5, 5.41) is 9.29. The molecular weight excluding hydrogens is 276 g/mol. The van der Waals surface area contributed by atoms with E-state index in [1.807, 2.05) is 13.0 Å². The Morgan fingerprint density at radius 3 is 2.50 bits per heavy atom. The zero-order chi connectivity index (χ0) is 15.1. The Labute approximate surface area is 120 Å². The average molecular weight is 298 g/mol. The van der Waals surface area contributed by atoms with Crippen LogP contribution in [0, 0.1) is 19.8 Å². The van der Waals surface area contributed by atoms with Crippen LogP contribution in [-0.2, 0) is 10.0 Å². The van der Waals surface area contributed by atoms with Crippen molar-refractivity contribution in [2.75, 3.05) is 19.3 Å². The standard InChI is InChI=1S/C14H22N2O3S/c1-9-4-5-13(15)14(10(9)2)20(18,19)16(3)8-11-6-12(17)7-11/h4-5,11-12,17H,6-8,15H2,1-3H3. The van der Waals surface area contributed by atoms with Gasteiger partial charge in [0.05, 0.1) is 11.8 Å². The first-order valence-electron chi connectivity index (χ1n) is 6.73. The molecule has 0 aliphatic heterocycles. The van der Waals surface area contributed by atoms with Crippen molar-refractivity contribution in [3.8, 4) is 0 Å². The highest BCUT2D eigenvalue weighted by Crippen LogP contribution is 2.32. The van der Waals surface area contributed by atoms with E-state index < -0.39 is 10.0 Å². The summed E-state index contributed by atoms with van der Waals surface area (Å²) < 4.78 is 26.7. The van der Waals surface area contributed by atoms with E-state index in [2.05, 4.69) is 0 Å². The number of aliphatic hydroxyl groups is 1. The van der Waals surface area contributed by atoms with Gasteiger partial charge in [-0.3, -0.25) is 0 Å². The normalized spacial score (nSPS) is 22.9. The topological polar surface area (TPSA) is 83.6 Å². The largest absolute Gasteiger partial charge is 0.398 e. The fourth-order valence-corrected chi connectivity index (χ4v) is 4.25. The number of sulfonamides is 1. The number of hydrogen-bond donors (Lipinski definition) is 2. The molecule has 1 saturated carbocycles. The molecule has 0 bridgehead atoms. The van der Waals surface area contributed by atoms with Crippen LogP contribution in [0.3, 0.4) is 0 Å². The molecule has 5 nitrogen and oxygen atoms in total. The lowest BCUT2D eigenvalue weighted by Crippen LogP contribution is -2.39. The summed E-state index contributed by atoms with van der Waals surface area (Å²) in [6.07, 6.45) is 1.06. The van der Waals surface area contributed by atoms with Crippen molar-refractivity contribution in [2.45, 2.75) is 37.7 Å². The van der Waals surface area contributed by atoms with E-state index in [0.29, 0.717) is 24.9 Å². The molecule has 0 atom stereocenters. The first kappa shape index (κ1) is 15.3. The van der Waals surface area contributed by atoms with Crippen LogP contribution in [0.1, 0.15) is 24.0 Å². The minimum absolute atomic E-state index is 0.208. The lowest BCUT2D eigenvalue weighted by Gasteiger charge is -2.34. The second-order valence-electron chi connectivity index (χ2n) is 5.70. The van der Waals surface area contributed by atoms with Gasteiger partial charge in [0.1, 0.15) is 4.90 Å². The highest BCUT2D eigenvalue weighted by Gasteiger charge is 2.33. The predicted octanol–water partition coefficient (Wildman–Crippen LogP) is 1.28. The van der Waals surface area contributed by atoms with E-state index >= 15 is 0 Å². The fourth-order valence-electron chi connectivity index (χ4n) is 2.62. The maximum Gasteiger partial charge on any atom is 0.245 e. The Hall–Kier alpha value is -1.11. The number of nitrogens with zero attached hydrogens (tertiary/aromatic N) is 1. The van der Waals surface area contributed by atoms with Gasteiger partial charge in [0.15, 0.2) is 0 Å². The molecule has 3 N–H and O–H groups in total. The van der Waals surface area contributed by atoms with Gasteiger partial charge >= 0.3 is 0 Å². The molecule has 1 aliphatic carbocycles. The highest BCUT2D eigenvalue weighted by atomic mass is 32.2. The maximum absolute atomic E-state index is 12.7. The van der Waals surface area contributed by atoms with E-state index in [-0.39, 0.29) is 22.6 Å². The van der Waals surface area contributed by atoms with E-state index in [9.17, 15) is 13.5 Å². The summed E-state index contributed by atoms with van der Waals surface area (Å²) in [5.74, 6) is 0.233. The number of rotatable bonds is 4. The number of nitrogen functional groups attached to an aromatic ring is 1. The summed E-state index contributed by atoms with van der Waals surface area (Å²) in [5.41, 5.74) is 7.76. The number of aryl methyl sites for hydroxylation is 1. The lowest BCUT2D eigenvalue weighted by molar-refractivity contribution is 0.0367. The van der Waals surface area contributed by atoms with Crippen LogP contribution >= 0.6 is 0 Å². The van der Waals surface area contributed by atoms with Crippen LogP contribution in [0.15, 0.2) is 17.0 Å². The number of hydrogen-bond acceptors (Lipinski definition) is 4. The van der Waals surface area contributed by atoms with Crippen LogP contribution in [0.5, 0.6) is 0 Å². The van der Waals surface area contributed by atoms with E-state index in [1.54, 1.807) is 20.0 Å². The first-order valence-corrected chi connectivity index (χ1v) is 8.17. The molecule has 20 heavy (non-hydrogen) atoms. The summed E-state index contributed by atoms with van der Waals surface area (Å²) in [6, 6.07) is 3.46. The van der Waals surface area contributed by atoms with Gasteiger partial charge in [-0.2, -0.15) is 0 Å². The van der Waals surface area contributed by atoms with Gasteiger partial charge in [-0.25, -0.2) is 12.7 Å². The second-order valence-corrected chi connectivity index (χ2v) is 7.68. The Bertz CT molecular complexity index is 607. The minimum Gasteiger partial charge on any atom is -0.398 e. The molecule has 6 heteroatoms. The van der Waals surface area contributed by atoms with Gasteiger partial charge in [-0.05, 0) is 49.8 Å². The van der Waals surface area contributed by atoms with Crippen LogP contribution in [0.2, 0.25) is 0 Å². The molecule has 0 heterocycles. The van der Waals surface area contributed by atoms with Crippen molar-refractivity contribution >= 4 is 15.7 Å². The molecule has 1 aliphatic rings. The second kappa shape index (κ2) is 5.35. The van der Waals surface area contributed by atoms with Gasteiger partial charge in [-0.15, -0.1) is 0 Å². The maximum atomic E-state index is 12.7. The lowest BCUT2D eigenvalue weighted by atomic mass is 9.82. The quantitative estimate of drug-likeness (QED) is 0.820. The number of anilines is 1. The fraction of sp³-hybridized carbons (Fsp3) is 0.571. The molecule has 112 valence electrons. The summed E-state index contributed by atoms with van der Waals surface area (Å²) in [7, 11) is -2.01. The molecule has 0 saturated heterocycles. The Balaban J connectivity index is 2.28. The van der Waals surface area contributed by atoms with Gasteiger partial charge in [0.25, 0.3) is 0 Å². The molecule has 1 aromatic carbocycles. The first-order chi connectivity index (χ1) is 9.23. The number of aliphatic hydroxyl groups excluding tert-OH is 1. The molecule has 1 fully saturated rings. The van der Waals surface area contributed by atoms with Gasteiger partial charge < -0.3 is 10.8 Å². The summed E-state index contributed by atoms with van der Waals surface area (Å²) in [4.78, 5) is 0.208. The van der Waals surface area contributed by atoms with Crippen molar-refractivity contribution < 1.29 is 13.5 Å². The van der Waals surface area contributed by atoms with Crippen molar-refractivity contribution in [3.63, 3.8) is 0 Å². The summed E-state index contributed by atoms with van der Waals surface area (Å²) >= 11 is 0. The third-order valence-corrected chi connectivity index (χ3v) is 6.13. The molecule has 1 aromatic rings. The highest BCUT2D eigenvalue weighted by molar-refractivity contribution is 7.89. The van der Waals surface area contributed by atoms with Crippen molar-refractivity contribution in [1.29, 1.82) is 0 Å². The van der Waals surface area contributed by atoms with E-state index in [0.717, 1.165) is 5.56 Å². The smallest absolute Gasteiger partial charge is 0.245 e. The van der Waals surface area contributed by atoms with Crippen molar-refractivity contribution in [1.82, 2.24) is 4.31 Å². The third kappa shape index (κ3) is 2.68. The van der Waals surface area contributed by atoms with Crippen LogP contribution in [-0.4, -0.2) is 37.5 Å². The van der Waals surface area contributed by atoms with Gasteiger partial charge in [0, 0.05) is 13.6 Å². The van der Waals surface area contributed by atoms with Crippen molar-refractivity contribution in [2.24, 2.45) is 5.92 Å². The predicted molar refractivity (Wildman–Crippen MR) is 78.9 cm³/mol. The molecule has 0 spiro atoms. The van der Waals surface area contributed by atoms with Crippen LogP contribution in [0.25, 0.3) is 0 Å². The Kier molecular flexibility index (Phi) is 4.09. The Morgan fingerprint density at radius 2 is 1.95 bits per heavy atom. The minimum atomic E-state index is -3.58. The van der Waals surface area contributed by atoms with Gasteiger partial charge in [0.2, 0.25) is 10.0 Å². The van der Waals surface area contributed by atoms with Crippen LogP contribution < -0.4 is 5.73 Å². The van der Waals surface area contributed by atoms with Crippen LogP contribution in [0.4, 0.5) is 5.69 Å². The summed E-state index contributed by atoms with van der Waals surface area (Å²) in [6.45, 7) is 4.07.